The highest BCUT2D eigenvalue weighted by Crippen LogP contribution is 2.22. The number of carbonyl (C=O) groups is 1. The van der Waals surface area contributed by atoms with Crippen LogP contribution in [0.1, 0.15) is 21.5 Å². The van der Waals surface area contributed by atoms with Crippen molar-refractivity contribution in [3.63, 3.8) is 0 Å². The van der Waals surface area contributed by atoms with Crippen molar-refractivity contribution < 1.29 is 17.9 Å². The number of halogens is 1. The van der Waals surface area contributed by atoms with Gasteiger partial charge in [-0.3, -0.25) is 4.79 Å². The van der Waals surface area contributed by atoms with Crippen molar-refractivity contribution in [2.75, 3.05) is 14.2 Å². The highest BCUT2D eigenvalue weighted by Gasteiger charge is 2.12. The van der Waals surface area contributed by atoms with Gasteiger partial charge in [-0.2, -0.15) is 0 Å². The molecule has 6 nitrogen and oxygen atoms in total. The van der Waals surface area contributed by atoms with Crippen LogP contribution in [0.4, 0.5) is 0 Å². The zero-order valence-corrected chi connectivity index (χ0v) is 16.3. The van der Waals surface area contributed by atoms with Gasteiger partial charge >= 0.3 is 0 Å². The Morgan fingerprint density at radius 2 is 1.76 bits per heavy atom. The van der Waals surface area contributed by atoms with Crippen LogP contribution in [0.25, 0.3) is 0 Å². The van der Waals surface area contributed by atoms with Gasteiger partial charge in [-0.05, 0) is 52.3 Å². The van der Waals surface area contributed by atoms with E-state index in [1.165, 1.54) is 7.05 Å². The van der Waals surface area contributed by atoms with Gasteiger partial charge in [-0.1, -0.05) is 24.3 Å². The minimum Gasteiger partial charge on any atom is -0.497 e. The molecule has 8 heteroatoms. The van der Waals surface area contributed by atoms with Crippen molar-refractivity contribution in [1.82, 2.24) is 10.0 Å². The molecule has 0 saturated carbocycles. The van der Waals surface area contributed by atoms with E-state index in [4.69, 9.17) is 4.74 Å². The Hall–Kier alpha value is -1.90. The molecule has 1 amide bonds. The topological polar surface area (TPSA) is 84.5 Å². The normalized spacial score (nSPS) is 11.2. The van der Waals surface area contributed by atoms with Crippen LogP contribution in [-0.2, 0) is 22.3 Å². The van der Waals surface area contributed by atoms with E-state index >= 15 is 0 Å². The van der Waals surface area contributed by atoms with Crippen LogP contribution in [0.15, 0.2) is 46.9 Å². The minimum absolute atomic E-state index is 0.0765. The van der Waals surface area contributed by atoms with E-state index in [0.29, 0.717) is 27.9 Å². The average molecular weight is 427 g/mol. The molecular formula is C17H19BrN2O4S. The van der Waals surface area contributed by atoms with Gasteiger partial charge in [0.1, 0.15) is 5.75 Å². The highest BCUT2D eigenvalue weighted by atomic mass is 79.9. The third kappa shape index (κ3) is 5.55. The summed E-state index contributed by atoms with van der Waals surface area (Å²) in [5.41, 5.74) is 2.04. The molecule has 0 fully saturated rings. The second-order valence-corrected chi connectivity index (χ2v) is 8.09. The van der Waals surface area contributed by atoms with Crippen LogP contribution in [0.2, 0.25) is 0 Å². The number of hydrogen-bond acceptors (Lipinski definition) is 4. The van der Waals surface area contributed by atoms with Crippen LogP contribution in [0.5, 0.6) is 5.75 Å². The Balaban J connectivity index is 2.00. The van der Waals surface area contributed by atoms with Gasteiger partial charge in [-0.15, -0.1) is 0 Å². The first-order valence-corrected chi connectivity index (χ1v) is 9.90. The zero-order chi connectivity index (χ0) is 18.4. The van der Waals surface area contributed by atoms with E-state index in [1.54, 1.807) is 49.6 Å². The van der Waals surface area contributed by atoms with E-state index in [9.17, 15) is 13.2 Å². The third-order valence-corrected chi connectivity index (χ3v) is 5.59. The zero-order valence-electron chi connectivity index (χ0n) is 13.9. The number of hydrogen-bond donors (Lipinski definition) is 2. The van der Waals surface area contributed by atoms with Crippen LogP contribution < -0.4 is 14.8 Å². The molecule has 0 aliphatic carbocycles. The van der Waals surface area contributed by atoms with E-state index in [2.05, 4.69) is 26.0 Å². The first-order valence-electron chi connectivity index (χ1n) is 7.45. The van der Waals surface area contributed by atoms with Crippen molar-refractivity contribution in [2.45, 2.75) is 12.3 Å². The molecule has 0 spiro atoms. The number of amides is 1. The first-order chi connectivity index (χ1) is 11.8. The lowest BCUT2D eigenvalue weighted by Crippen LogP contribution is -2.23. The molecule has 2 rings (SSSR count). The van der Waals surface area contributed by atoms with Crippen LogP contribution in [-0.4, -0.2) is 28.5 Å². The number of benzene rings is 2. The molecule has 2 aromatic carbocycles. The summed E-state index contributed by atoms with van der Waals surface area (Å²) in [6.45, 7) is 0.335. The predicted molar refractivity (Wildman–Crippen MR) is 100.0 cm³/mol. The Bertz CT molecular complexity index is 851. The van der Waals surface area contributed by atoms with E-state index in [-0.39, 0.29) is 11.7 Å². The number of nitrogens with one attached hydrogen (secondary N) is 2. The maximum absolute atomic E-state index is 12.3. The molecular weight excluding hydrogens is 408 g/mol. The molecule has 0 atom stereocenters. The minimum atomic E-state index is -3.30. The second-order valence-electron chi connectivity index (χ2n) is 5.31. The maximum Gasteiger partial charge on any atom is 0.252 e. The molecule has 0 radical (unpaired) electrons. The summed E-state index contributed by atoms with van der Waals surface area (Å²) in [5.74, 6) is 0.295. The van der Waals surface area contributed by atoms with Crippen molar-refractivity contribution >= 4 is 31.9 Å². The molecule has 0 aliphatic heterocycles. The van der Waals surface area contributed by atoms with Crippen LogP contribution >= 0.6 is 15.9 Å². The lowest BCUT2D eigenvalue weighted by atomic mass is 10.1. The SMILES string of the molecule is CNS(=O)(=O)Cc1ccc(CNC(=O)c2cc(OC)ccc2Br)cc1. The molecule has 0 aliphatic rings. The van der Waals surface area contributed by atoms with Crippen molar-refractivity contribution in [3.05, 3.63) is 63.6 Å². The molecule has 25 heavy (non-hydrogen) atoms. The summed E-state index contributed by atoms with van der Waals surface area (Å²) in [6.07, 6.45) is 0. The first kappa shape index (κ1) is 19.4. The third-order valence-electron chi connectivity index (χ3n) is 3.56. The Morgan fingerprint density at radius 1 is 1.12 bits per heavy atom. The number of ether oxygens (including phenoxy) is 1. The van der Waals surface area contributed by atoms with Crippen molar-refractivity contribution in [1.29, 1.82) is 0 Å². The number of rotatable bonds is 7. The predicted octanol–water partition coefficient (Wildman–Crippen LogP) is 2.44. The summed E-state index contributed by atoms with van der Waals surface area (Å²) in [4.78, 5) is 12.3. The largest absolute Gasteiger partial charge is 0.497 e. The fourth-order valence-electron chi connectivity index (χ4n) is 2.13. The van der Waals surface area contributed by atoms with Crippen LogP contribution in [0.3, 0.4) is 0 Å². The number of carbonyl (C=O) groups excluding carboxylic acids is 1. The maximum atomic E-state index is 12.3. The summed E-state index contributed by atoms with van der Waals surface area (Å²) >= 11 is 3.35. The monoisotopic (exact) mass is 426 g/mol. The Labute approximate surface area is 155 Å². The van der Waals surface area contributed by atoms with Crippen molar-refractivity contribution in [2.24, 2.45) is 0 Å². The summed E-state index contributed by atoms with van der Waals surface area (Å²) < 4.78 is 31.1. The lowest BCUT2D eigenvalue weighted by molar-refractivity contribution is 0.0949. The molecule has 0 aromatic heterocycles. The fraction of sp³-hybridized carbons (Fsp3) is 0.235. The van der Waals surface area contributed by atoms with E-state index in [1.807, 2.05) is 0 Å². The molecule has 0 bridgehead atoms. The molecule has 2 aromatic rings. The molecule has 0 heterocycles. The molecule has 0 saturated heterocycles. The lowest BCUT2D eigenvalue weighted by Gasteiger charge is -2.09. The number of methoxy groups -OCH3 is 1. The molecule has 2 N–H and O–H groups in total. The quantitative estimate of drug-likeness (QED) is 0.711. The molecule has 0 unspecified atom stereocenters. The summed E-state index contributed by atoms with van der Waals surface area (Å²) in [5, 5.41) is 2.83. The van der Waals surface area contributed by atoms with Crippen LogP contribution in [0, 0.1) is 0 Å². The summed E-state index contributed by atoms with van der Waals surface area (Å²) in [6, 6.07) is 12.2. The molecule has 134 valence electrons. The smallest absolute Gasteiger partial charge is 0.252 e. The Morgan fingerprint density at radius 3 is 2.36 bits per heavy atom. The second kappa shape index (κ2) is 8.46. The van der Waals surface area contributed by atoms with Gasteiger partial charge in [-0.25, -0.2) is 13.1 Å². The average Bonchev–Trinajstić information content (AvgIpc) is 2.61. The van der Waals surface area contributed by atoms with Gasteiger partial charge < -0.3 is 10.1 Å². The van der Waals surface area contributed by atoms with Gasteiger partial charge in [0.05, 0.1) is 18.4 Å². The van der Waals surface area contributed by atoms with E-state index in [0.717, 1.165) is 5.56 Å². The fourth-order valence-corrected chi connectivity index (χ4v) is 3.33. The van der Waals surface area contributed by atoms with Gasteiger partial charge in [0.25, 0.3) is 5.91 Å². The van der Waals surface area contributed by atoms with Gasteiger partial charge in [0.2, 0.25) is 10.0 Å². The van der Waals surface area contributed by atoms with Gasteiger partial charge in [0.15, 0.2) is 0 Å². The van der Waals surface area contributed by atoms with Gasteiger partial charge in [0, 0.05) is 11.0 Å². The Kier molecular flexibility index (Phi) is 6.57. The standard InChI is InChI=1S/C17H19BrN2O4S/c1-19-25(22,23)11-13-5-3-12(4-6-13)10-20-17(21)15-9-14(24-2)7-8-16(15)18/h3-9,19H,10-11H2,1-2H3,(H,20,21). The van der Waals surface area contributed by atoms with E-state index < -0.39 is 10.0 Å². The number of sulfonamides is 1. The van der Waals surface area contributed by atoms with Crippen molar-refractivity contribution in [3.8, 4) is 5.75 Å². The summed E-state index contributed by atoms with van der Waals surface area (Å²) in [7, 11) is -0.368. The highest BCUT2D eigenvalue weighted by molar-refractivity contribution is 9.10.